The van der Waals surface area contributed by atoms with Crippen molar-refractivity contribution in [2.45, 2.75) is 0 Å². The van der Waals surface area contributed by atoms with Crippen LogP contribution in [-0.2, 0) is 4.74 Å². The summed E-state index contributed by atoms with van der Waals surface area (Å²) in [6, 6.07) is 9.75. The van der Waals surface area contributed by atoms with Gasteiger partial charge in [-0.15, -0.1) is 0 Å². The standard InChI is InChI=1S/C16H17N5O2/c17-12-10-18-15(22)14-13(12)16(20-6-8-23-9-7-20)21(19-14)11-4-2-1-3-5-11/h1-5,10H,6-9,17H2,(H,18,22). The predicted molar refractivity (Wildman–Crippen MR) is 89.1 cm³/mol. The molecule has 118 valence electrons. The number of nitrogens with one attached hydrogen (secondary N) is 1. The zero-order valence-electron chi connectivity index (χ0n) is 12.5. The Morgan fingerprint density at radius 3 is 2.65 bits per heavy atom. The van der Waals surface area contributed by atoms with Gasteiger partial charge in [0.1, 0.15) is 5.82 Å². The van der Waals surface area contributed by atoms with Crippen molar-refractivity contribution < 1.29 is 4.74 Å². The van der Waals surface area contributed by atoms with Gasteiger partial charge in [-0.1, -0.05) is 18.2 Å². The van der Waals surface area contributed by atoms with Gasteiger partial charge in [0.25, 0.3) is 5.56 Å². The number of nitrogen functional groups attached to an aromatic ring is 1. The van der Waals surface area contributed by atoms with Crippen LogP contribution in [0.25, 0.3) is 16.6 Å². The molecule has 0 atom stereocenters. The van der Waals surface area contributed by atoms with Crippen molar-refractivity contribution in [1.82, 2.24) is 14.8 Å². The molecule has 0 radical (unpaired) electrons. The summed E-state index contributed by atoms with van der Waals surface area (Å²) < 4.78 is 7.23. The van der Waals surface area contributed by atoms with E-state index in [1.165, 1.54) is 6.20 Å². The molecule has 3 heterocycles. The number of hydrogen-bond acceptors (Lipinski definition) is 5. The minimum absolute atomic E-state index is 0.238. The average Bonchev–Trinajstić information content (AvgIpc) is 3.02. The molecule has 7 heteroatoms. The van der Waals surface area contributed by atoms with Gasteiger partial charge in [0.05, 0.1) is 30.0 Å². The second kappa shape index (κ2) is 5.44. The van der Waals surface area contributed by atoms with Gasteiger partial charge < -0.3 is 20.4 Å². The van der Waals surface area contributed by atoms with Crippen LogP contribution in [0.2, 0.25) is 0 Å². The second-order valence-electron chi connectivity index (χ2n) is 5.47. The van der Waals surface area contributed by atoms with Gasteiger partial charge >= 0.3 is 0 Å². The lowest BCUT2D eigenvalue weighted by Crippen LogP contribution is -2.37. The molecule has 3 aromatic rings. The van der Waals surface area contributed by atoms with E-state index in [-0.39, 0.29) is 5.56 Å². The number of anilines is 2. The van der Waals surface area contributed by atoms with Crippen molar-refractivity contribution in [3.05, 3.63) is 46.9 Å². The summed E-state index contributed by atoms with van der Waals surface area (Å²) >= 11 is 0. The van der Waals surface area contributed by atoms with Crippen molar-refractivity contribution in [2.24, 2.45) is 0 Å². The maximum absolute atomic E-state index is 12.2. The van der Waals surface area contributed by atoms with Crippen LogP contribution in [0.15, 0.2) is 41.3 Å². The Balaban J connectivity index is 2.03. The van der Waals surface area contributed by atoms with Crippen LogP contribution in [0.1, 0.15) is 0 Å². The Kier molecular flexibility index (Phi) is 3.27. The SMILES string of the molecule is Nc1c[nH]c(=O)c2nn(-c3ccccc3)c(N3CCOCC3)c12. The molecule has 0 bridgehead atoms. The van der Waals surface area contributed by atoms with Gasteiger partial charge in [0.15, 0.2) is 5.52 Å². The van der Waals surface area contributed by atoms with E-state index >= 15 is 0 Å². The summed E-state index contributed by atoms with van der Waals surface area (Å²) in [5, 5.41) is 5.22. The van der Waals surface area contributed by atoms with E-state index < -0.39 is 0 Å². The molecule has 2 aromatic heterocycles. The molecule has 1 aliphatic heterocycles. The van der Waals surface area contributed by atoms with Crippen LogP contribution in [-0.4, -0.2) is 41.1 Å². The maximum atomic E-state index is 12.2. The van der Waals surface area contributed by atoms with Crippen molar-refractivity contribution in [1.29, 1.82) is 0 Å². The number of benzene rings is 1. The van der Waals surface area contributed by atoms with Crippen LogP contribution < -0.4 is 16.2 Å². The molecule has 7 nitrogen and oxygen atoms in total. The second-order valence-corrected chi connectivity index (χ2v) is 5.47. The highest BCUT2D eigenvalue weighted by atomic mass is 16.5. The number of pyridine rings is 1. The Hall–Kier alpha value is -2.80. The monoisotopic (exact) mass is 311 g/mol. The van der Waals surface area contributed by atoms with Gasteiger partial charge in [-0.2, -0.15) is 5.10 Å². The Bertz CT molecular complexity index is 894. The fraction of sp³-hybridized carbons (Fsp3) is 0.250. The minimum atomic E-state index is -0.238. The largest absolute Gasteiger partial charge is 0.397 e. The average molecular weight is 311 g/mol. The molecule has 0 unspecified atom stereocenters. The van der Waals surface area contributed by atoms with Gasteiger partial charge in [0.2, 0.25) is 0 Å². The molecule has 0 amide bonds. The number of fused-ring (bicyclic) bond motifs is 1. The lowest BCUT2D eigenvalue weighted by Gasteiger charge is -2.29. The van der Waals surface area contributed by atoms with E-state index in [1.54, 1.807) is 4.68 Å². The normalized spacial score (nSPS) is 15.2. The van der Waals surface area contributed by atoms with Gasteiger partial charge in [-0.3, -0.25) is 4.79 Å². The third-order valence-electron chi connectivity index (χ3n) is 4.03. The van der Waals surface area contributed by atoms with E-state index in [1.807, 2.05) is 30.3 Å². The molecule has 0 saturated carbocycles. The van der Waals surface area contributed by atoms with E-state index in [4.69, 9.17) is 10.5 Å². The lowest BCUT2D eigenvalue weighted by atomic mass is 10.2. The Labute approximate surface area is 132 Å². The first-order valence-corrected chi connectivity index (χ1v) is 7.54. The highest BCUT2D eigenvalue weighted by Gasteiger charge is 2.23. The summed E-state index contributed by atoms with van der Waals surface area (Å²) in [6.45, 7) is 2.76. The predicted octanol–water partition coefficient (Wildman–Crippen LogP) is 1.13. The van der Waals surface area contributed by atoms with E-state index in [0.29, 0.717) is 29.8 Å². The molecule has 1 saturated heterocycles. The highest BCUT2D eigenvalue weighted by molar-refractivity contribution is 5.99. The molecule has 0 spiro atoms. The number of rotatable bonds is 2. The summed E-state index contributed by atoms with van der Waals surface area (Å²) in [6.07, 6.45) is 1.53. The first-order chi connectivity index (χ1) is 11.3. The van der Waals surface area contributed by atoms with Crippen LogP contribution in [0.4, 0.5) is 11.5 Å². The quantitative estimate of drug-likeness (QED) is 0.740. The fourth-order valence-electron chi connectivity index (χ4n) is 2.93. The van der Waals surface area contributed by atoms with Gasteiger partial charge in [-0.25, -0.2) is 4.68 Å². The number of hydrogen-bond donors (Lipinski definition) is 2. The third-order valence-corrected chi connectivity index (χ3v) is 4.03. The molecule has 1 fully saturated rings. The summed E-state index contributed by atoms with van der Waals surface area (Å²) in [4.78, 5) is 17.0. The van der Waals surface area contributed by atoms with E-state index in [2.05, 4.69) is 15.0 Å². The number of aromatic amines is 1. The topological polar surface area (TPSA) is 89.2 Å². The number of nitrogens with zero attached hydrogens (tertiary/aromatic N) is 3. The molecule has 3 N–H and O–H groups in total. The molecular formula is C16H17N5O2. The zero-order valence-corrected chi connectivity index (χ0v) is 12.5. The van der Waals surface area contributed by atoms with Crippen LogP contribution >= 0.6 is 0 Å². The number of morpholine rings is 1. The molecule has 1 aromatic carbocycles. The first-order valence-electron chi connectivity index (χ1n) is 7.54. The third kappa shape index (κ3) is 2.25. The van der Waals surface area contributed by atoms with E-state index in [0.717, 1.165) is 24.6 Å². The number of aromatic nitrogens is 3. The number of ether oxygens (including phenoxy) is 1. The molecular weight excluding hydrogens is 294 g/mol. The number of para-hydroxylation sites is 1. The summed E-state index contributed by atoms with van der Waals surface area (Å²) in [5.41, 5.74) is 7.67. The van der Waals surface area contributed by atoms with Crippen molar-refractivity contribution in [2.75, 3.05) is 36.9 Å². The smallest absolute Gasteiger partial charge is 0.276 e. The summed E-state index contributed by atoms with van der Waals surface area (Å²) in [7, 11) is 0. The van der Waals surface area contributed by atoms with Crippen LogP contribution in [0.5, 0.6) is 0 Å². The zero-order chi connectivity index (χ0) is 15.8. The molecule has 1 aliphatic rings. The highest BCUT2D eigenvalue weighted by Crippen LogP contribution is 2.32. The van der Waals surface area contributed by atoms with E-state index in [9.17, 15) is 4.79 Å². The fourth-order valence-corrected chi connectivity index (χ4v) is 2.93. The minimum Gasteiger partial charge on any atom is -0.397 e. The van der Waals surface area contributed by atoms with Crippen LogP contribution in [0.3, 0.4) is 0 Å². The van der Waals surface area contributed by atoms with Crippen LogP contribution in [0, 0.1) is 0 Å². The first kappa shape index (κ1) is 13.8. The number of H-pyrrole nitrogens is 1. The number of nitrogens with two attached hydrogens (primary N) is 1. The molecule has 23 heavy (non-hydrogen) atoms. The molecule has 4 rings (SSSR count). The Morgan fingerprint density at radius 1 is 1.17 bits per heavy atom. The Morgan fingerprint density at radius 2 is 1.91 bits per heavy atom. The van der Waals surface area contributed by atoms with Crippen molar-refractivity contribution in [3.8, 4) is 5.69 Å². The maximum Gasteiger partial charge on any atom is 0.276 e. The van der Waals surface area contributed by atoms with Crippen molar-refractivity contribution in [3.63, 3.8) is 0 Å². The van der Waals surface area contributed by atoms with Gasteiger partial charge in [-0.05, 0) is 12.1 Å². The van der Waals surface area contributed by atoms with Gasteiger partial charge in [0, 0.05) is 19.3 Å². The van der Waals surface area contributed by atoms with Crippen molar-refractivity contribution >= 4 is 22.4 Å². The summed E-state index contributed by atoms with van der Waals surface area (Å²) in [5.74, 6) is 0.845. The lowest BCUT2D eigenvalue weighted by molar-refractivity contribution is 0.122. The molecule has 0 aliphatic carbocycles.